The third-order valence-electron chi connectivity index (χ3n) is 7.64. The molecule has 0 spiro atoms. The van der Waals surface area contributed by atoms with Crippen LogP contribution in [0.5, 0.6) is 5.75 Å². The van der Waals surface area contributed by atoms with Crippen molar-refractivity contribution in [1.29, 1.82) is 0 Å². The van der Waals surface area contributed by atoms with Gasteiger partial charge in [0.1, 0.15) is 22.8 Å². The van der Waals surface area contributed by atoms with Crippen LogP contribution in [0.2, 0.25) is 5.02 Å². The summed E-state index contributed by atoms with van der Waals surface area (Å²) in [6.07, 6.45) is 0.858. The molecule has 1 fully saturated rings. The van der Waals surface area contributed by atoms with Crippen LogP contribution >= 0.6 is 11.6 Å². The maximum Gasteiger partial charge on any atom is 0.255 e. The zero-order chi connectivity index (χ0) is 29.0. The molecule has 1 aromatic rings. The number of aliphatic hydroxyl groups excluding tert-OH is 2. The first kappa shape index (κ1) is 28.6. The number of ketones is 2. The number of nitrogens with zero attached hydrogens (tertiary/aromatic N) is 1. The third-order valence-corrected chi connectivity index (χ3v) is 7.94. The third kappa shape index (κ3) is 4.37. The van der Waals surface area contributed by atoms with Gasteiger partial charge in [-0.3, -0.25) is 24.1 Å². The standard InChI is InChI=1S/C26H31ClN4O8/c1-4-5-29-9-14(32)30-18-13(27)8-11-6-10-7-12-19(31(2)3)22(35)17(25(28)38)24(37)26(12,39)23(36)16(10)20(33)15(11)21(18)34/h8,10,12,19,29,33-34,37,39H,4-7,9H2,1-3H3,(H2,28,38)(H,30,32)/t10-,12-,19-,26-/m0/s1. The molecule has 12 nitrogen and oxygen atoms in total. The Labute approximate surface area is 229 Å². The highest BCUT2D eigenvalue weighted by Gasteiger charge is 2.64. The van der Waals surface area contributed by atoms with Crippen LogP contribution in [0, 0.1) is 11.8 Å². The summed E-state index contributed by atoms with van der Waals surface area (Å²) in [6.45, 7) is 2.47. The Morgan fingerprint density at radius 3 is 2.49 bits per heavy atom. The largest absolute Gasteiger partial charge is 0.508 e. The number of halogens is 1. The van der Waals surface area contributed by atoms with Crippen molar-refractivity contribution in [3.63, 3.8) is 0 Å². The van der Waals surface area contributed by atoms with Gasteiger partial charge in [0.2, 0.25) is 11.7 Å². The Balaban J connectivity index is 1.84. The van der Waals surface area contributed by atoms with E-state index in [-0.39, 0.29) is 41.2 Å². The predicted molar refractivity (Wildman–Crippen MR) is 141 cm³/mol. The van der Waals surface area contributed by atoms with E-state index in [2.05, 4.69) is 10.6 Å². The number of Topliss-reactive ketones (excluding diaryl/α,β-unsaturated/α-hetero) is 2. The van der Waals surface area contributed by atoms with Crippen molar-refractivity contribution >= 4 is 46.4 Å². The number of nitrogens with one attached hydrogen (secondary N) is 2. The minimum absolute atomic E-state index is 0.00988. The van der Waals surface area contributed by atoms with E-state index in [1.165, 1.54) is 25.1 Å². The summed E-state index contributed by atoms with van der Waals surface area (Å²) in [4.78, 5) is 52.8. The van der Waals surface area contributed by atoms with E-state index < -0.39 is 69.7 Å². The molecule has 0 aromatic heterocycles. The number of aromatic hydroxyl groups is 1. The number of hydrogen-bond acceptors (Lipinski definition) is 10. The average Bonchev–Trinajstić information content (AvgIpc) is 2.83. The predicted octanol–water partition coefficient (Wildman–Crippen LogP) is 0.556. The summed E-state index contributed by atoms with van der Waals surface area (Å²) < 4.78 is 0. The number of phenolic OH excluding ortho intramolecular Hbond substituents is 1. The summed E-state index contributed by atoms with van der Waals surface area (Å²) >= 11 is 6.37. The highest BCUT2D eigenvalue weighted by atomic mass is 35.5. The van der Waals surface area contributed by atoms with Crippen LogP contribution in [0.25, 0.3) is 5.76 Å². The number of hydrogen-bond donors (Lipinski definition) is 7. The summed E-state index contributed by atoms with van der Waals surface area (Å²) in [5.41, 5.74) is 1.48. The van der Waals surface area contributed by atoms with E-state index >= 15 is 0 Å². The quantitative estimate of drug-likeness (QED) is 0.140. The van der Waals surface area contributed by atoms with Gasteiger partial charge in [0.25, 0.3) is 5.91 Å². The van der Waals surface area contributed by atoms with Crippen LogP contribution < -0.4 is 16.4 Å². The van der Waals surface area contributed by atoms with Crippen molar-refractivity contribution < 1.29 is 39.6 Å². The monoisotopic (exact) mass is 562 g/mol. The molecule has 13 heteroatoms. The van der Waals surface area contributed by atoms with Crippen LogP contribution in [0.1, 0.15) is 30.9 Å². The SMILES string of the molecule is CCCNCC(=O)Nc1c(Cl)cc2c(c1O)C(O)=C1C(=O)[C@]3(O)C(O)=C(C(N)=O)C(=O)[C@@H](N(C)C)[C@@H]3C[C@@H]1C2. The van der Waals surface area contributed by atoms with Crippen LogP contribution in [-0.2, 0) is 25.6 Å². The second kappa shape index (κ2) is 10.3. The Hall–Kier alpha value is -3.45. The second-order valence-electron chi connectivity index (χ2n) is 10.3. The lowest BCUT2D eigenvalue weighted by Crippen LogP contribution is -2.65. The average molecular weight is 563 g/mol. The lowest BCUT2D eigenvalue weighted by atomic mass is 9.57. The van der Waals surface area contributed by atoms with Gasteiger partial charge in [0.05, 0.1) is 23.2 Å². The number of amides is 2. The topological polar surface area (TPSA) is 203 Å². The fourth-order valence-corrected chi connectivity index (χ4v) is 6.21. The van der Waals surface area contributed by atoms with Gasteiger partial charge in [0.15, 0.2) is 17.1 Å². The maximum absolute atomic E-state index is 13.8. The Morgan fingerprint density at radius 1 is 1.23 bits per heavy atom. The molecule has 3 aliphatic rings. The van der Waals surface area contributed by atoms with Gasteiger partial charge < -0.3 is 36.8 Å². The highest BCUT2D eigenvalue weighted by molar-refractivity contribution is 6.34. The summed E-state index contributed by atoms with van der Waals surface area (Å²) in [5.74, 6) is -8.04. The minimum Gasteiger partial charge on any atom is -0.508 e. The van der Waals surface area contributed by atoms with E-state index in [0.717, 1.165) is 6.42 Å². The van der Waals surface area contributed by atoms with Gasteiger partial charge in [-0.1, -0.05) is 18.5 Å². The van der Waals surface area contributed by atoms with Crippen molar-refractivity contribution in [1.82, 2.24) is 10.2 Å². The molecule has 0 heterocycles. The van der Waals surface area contributed by atoms with Gasteiger partial charge in [-0.2, -0.15) is 0 Å². The normalized spacial score (nSPS) is 26.4. The van der Waals surface area contributed by atoms with E-state index in [1.54, 1.807) is 0 Å². The number of nitrogens with two attached hydrogens (primary N) is 1. The smallest absolute Gasteiger partial charge is 0.255 e. The van der Waals surface area contributed by atoms with Crippen molar-refractivity contribution in [2.45, 2.75) is 37.8 Å². The molecular formula is C26H31ClN4O8. The lowest BCUT2D eigenvalue weighted by molar-refractivity contribution is -0.153. The second-order valence-corrected chi connectivity index (χ2v) is 10.7. The molecule has 0 saturated heterocycles. The number of phenols is 1. The van der Waals surface area contributed by atoms with Crippen molar-refractivity contribution in [3.8, 4) is 5.75 Å². The minimum atomic E-state index is -2.73. The molecule has 2 amide bonds. The first-order valence-corrected chi connectivity index (χ1v) is 12.8. The molecule has 210 valence electrons. The number of carbonyl (C=O) groups excluding carboxylic acids is 4. The summed E-state index contributed by atoms with van der Waals surface area (Å²) in [6, 6.07) is 0.292. The van der Waals surface area contributed by atoms with E-state index in [0.29, 0.717) is 12.1 Å². The number of rotatable bonds is 7. The van der Waals surface area contributed by atoms with Gasteiger partial charge >= 0.3 is 0 Å². The molecule has 39 heavy (non-hydrogen) atoms. The molecule has 0 aliphatic heterocycles. The molecule has 8 N–H and O–H groups in total. The van der Waals surface area contributed by atoms with E-state index in [9.17, 15) is 39.6 Å². The Morgan fingerprint density at radius 2 is 1.90 bits per heavy atom. The highest BCUT2D eigenvalue weighted by Crippen LogP contribution is 2.54. The van der Waals surface area contributed by atoms with Crippen LogP contribution in [0.3, 0.4) is 0 Å². The zero-order valence-corrected chi connectivity index (χ0v) is 22.4. The van der Waals surface area contributed by atoms with Crippen LogP contribution in [0.15, 0.2) is 23.0 Å². The summed E-state index contributed by atoms with van der Waals surface area (Å²) in [5, 5.41) is 50.3. The van der Waals surface area contributed by atoms with Gasteiger partial charge in [0, 0.05) is 11.5 Å². The van der Waals surface area contributed by atoms with E-state index in [1.807, 2.05) is 6.92 Å². The zero-order valence-electron chi connectivity index (χ0n) is 21.7. The number of fused-ring (bicyclic) bond motifs is 3. The fourth-order valence-electron chi connectivity index (χ4n) is 5.95. The number of likely N-dealkylation sites (N-methyl/N-ethyl adjacent to an activating group) is 1. The van der Waals surface area contributed by atoms with Crippen molar-refractivity contribution in [2.24, 2.45) is 17.6 Å². The molecule has 1 saturated carbocycles. The van der Waals surface area contributed by atoms with Crippen molar-refractivity contribution in [3.05, 3.63) is 39.1 Å². The maximum atomic E-state index is 13.8. The number of primary amides is 1. The number of aliphatic hydroxyl groups is 3. The molecule has 0 bridgehead atoms. The van der Waals surface area contributed by atoms with Crippen molar-refractivity contribution in [2.75, 3.05) is 32.5 Å². The molecule has 4 rings (SSSR count). The fraction of sp³-hybridized carbons (Fsp3) is 0.462. The van der Waals surface area contributed by atoms with E-state index in [4.69, 9.17) is 17.3 Å². The van der Waals surface area contributed by atoms with Gasteiger partial charge in [-0.15, -0.1) is 0 Å². The van der Waals surface area contributed by atoms with Gasteiger partial charge in [-0.05, 0) is 57.5 Å². The Bertz CT molecular complexity index is 1350. The molecule has 0 unspecified atom stereocenters. The van der Waals surface area contributed by atoms with Crippen LogP contribution in [0.4, 0.5) is 5.69 Å². The number of anilines is 1. The number of carbonyl (C=O) groups is 4. The van der Waals surface area contributed by atoms with Gasteiger partial charge in [-0.25, -0.2) is 0 Å². The lowest BCUT2D eigenvalue weighted by Gasteiger charge is -2.50. The molecule has 3 aliphatic carbocycles. The molecular weight excluding hydrogens is 532 g/mol. The first-order chi connectivity index (χ1) is 18.3. The summed E-state index contributed by atoms with van der Waals surface area (Å²) in [7, 11) is 3.05. The Kier molecular flexibility index (Phi) is 7.52. The molecule has 4 atom stereocenters. The number of benzene rings is 1. The molecule has 1 aromatic carbocycles. The molecule has 0 radical (unpaired) electrons. The van der Waals surface area contributed by atoms with Crippen LogP contribution in [-0.4, -0.2) is 87.5 Å². The first-order valence-electron chi connectivity index (χ1n) is 12.5.